The number of nitrogens with one attached hydrogen (secondary N) is 3. The molecule has 6 heteroatoms. The quantitative estimate of drug-likeness (QED) is 0.359. The molecule has 4 rings (SSSR count). The first-order valence-corrected chi connectivity index (χ1v) is 11.1. The molecule has 0 bridgehead atoms. The van der Waals surface area contributed by atoms with Gasteiger partial charge in [0, 0.05) is 0 Å². The summed E-state index contributed by atoms with van der Waals surface area (Å²) in [5, 5.41) is 6.26. The second-order valence-electron chi connectivity index (χ2n) is 8.84. The van der Waals surface area contributed by atoms with Crippen LogP contribution in [0.5, 0.6) is 5.75 Å². The third-order valence-corrected chi connectivity index (χ3v) is 5.81. The van der Waals surface area contributed by atoms with Gasteiger partial charge in [-0.1, -0.05) is 54.1 Å². The standard InChI is InChI=1S/C27H30N4O2/c1-18-8-7-9-20(16-18)27(2,3)31-26(32)30-24(17-19-12-14-21(33-4)15-13-19)25-28-22-10-5-6-11-23(22)29-25/h5-16,24H,17H2,1-4H3,(H,28,29)(H2,30,31,32)/t24-/m1/s1. The Morgan fingerprint density at radius 3 is 2.52 bits per heavy atom. The van der Waals surface area contributed by atoms with E-state index in [4.69, 9.17) is 9.72 Å². The van der Waals surface area contributed by atoms with Crippen molar-refractivity contribution in [2.24, 2.45) is 0 Å². The van der Waals surface area contributed by atoms with Crippen molar-refractivity contribution in [3.63, 3.8) is 0 Å². The summed E-state index contributed by atoms with van der Waals surface area (Å²) in [4.78, 5) is 21.2. The zero-order chi connectivity index (χ0) is 23.4. The first kappa shape index (κ1) is 22.4. The van der Waals surface area contributed by atoms with E-state index in [1.807, 2.05) is 87.5 Å². The second kappa shape index (κ2) is 9.36. The van der Waals surface area contributed by atoms with E-state index in [9.17, 15) is 4.79 Å². The van der Waals surface area contributed by atoms with E-state index in [0.717, 1.165) is 39.3 Å². The highest BCUT2D eigenvalue weighted by molar-refractivity contribution is 5.77. The highest BCUT2D eigenvalue weighted by atomic mass is 16.5. The van der Waals surface area contributed by atoms with Crippen LogP contribution in [0, 0.1) is 6.92 Å². The fourth-order valence-electron chi connectivity index (χ4n) is 3.94. The van der Waals surface area contributed by atoms with Gasteiger partial charge in [0.15, 0.2) is 0 Å². The Bertz CT molecular complexity index is 1210. The van der Waals surface area contributed by atoms with Crippen LogP contribution in [0.4, 0.5) is 4.79 Å². The molecule has 0 saturated carbocycles. The van der Waals surface area contributed by atoms with Gasteiger partial charge in [-0.2, -0.15) is 0 Å². The van der Waals surface area contributed by atoms with E-state index in [-0.39, 0.29) is 12.1 Å². The van der Waals surface area contributed by atoms with Crippen LogP contribution in [0.2, 0.25) is 0 Å². The van der Waals surface area contributed by atoms with E-state index >= 15 is 0 Å². The summed E-state index contributed by atoms with van der Waals surface area (Å²) in [5.41, 5.74) is 4.55. The van der Waals surface area contributed by atoms with Crippen LogP contribution in [0.25, 0.3) is 11.0 Å². The minimum atomic E-state index is -0.533. The number of aromatic nitrogens is 2. The van der Waals surface area contributed by atoms with Gasteiger partial charge < -0.3 is 20.4 Å². The van der Waals surface area contributed by atoms with E-state index in [1.165, 1.54) is 0 Å². The van der Waals surface area contributed by atoms with Gasteiger partial charge in [0.25, 0.3) is 0 Å². The number of aryl methyl sites for hydroxylation is 1. The number of urea groups is 1. The minimum Gasteiger partial charge on any atom is -0.497 e. The number of methoxy groups -OCH3 is 1. The third kappa shape index (κ3) is 5.34. The largest absolute Gasteiger partial charge is 0.497 e. The van der Waals surface area contributed by atoms with Crippen LogP contribution in [0.15, 0.2) is 72.8 Å². The van der Waals surface area contributed by atoms with Crippen molar-refractivity contribution in [3.05, 3.63) is 95.3 Å². The van der Waals surface area contributed by atoms with Crippen molar-refractivity contribution in [3.8, 4) is 5.75 Å². The maximum absolute atomic E-state index is 13.1. The highest BCUT2D eigenvalue weighted by Gasteiger charge is 2.26. The van der Waals surface area contributed by atoms with Gasteiger partial charge in [0.1, 0.15) is 11.6 Å². The SMILES string of the molecule is COc1ccc(C[C@@H](NC(=O)NC(C)(C)c2cccc(C)c2)c2nc3ccccc3[nH]2)cc1. The van der Waals surface area contributed by atoms with Crippen LogP contribution in [0.1, 0.15) is 42.4 Å². The third-order valence-electron chi connectivity index (χ3n) is 5.81. The molecule has 3 aromatic carbocycles. The Balaban J connectivity index is 1.57. The van der Waals surface area contributed by atoms with Crippen molar-refractivity contribution >= 4 is 17.1 Å². The van der Waals surface area contributed by atoms with Crippen LogP contribution in [-0.2, 0) is 12.0 Å². The zero-order valence-electron chi connectivity index (χ0n) is 19.5. The maximum atomic E-state index is 13.1. The lowest BCUT2D eigenvalue weighted by molar-refractivity contribution is 0.225. The Morgan fingerprint density at radius 2 is 1.82 bits per heavy atom. The number of aromatic amines is 1. The number of carbonyl (C=O) groups is 1. The molecule has 0 saturated heterocycles. The molecular weight excluding hydrogens is 412 g/mol. The lowest BCUT2D eigenvalue weighted by Crippen LogP contribution is -2.47. The first-order chi connectivity index (χ1) is 15.8. The molecule has 0 aliphatic rings. The van der Waals surface area contributed by atoms with Crippen molar-refractivity contribution in [2.45, 2.75) is 38.8 Å². The monoisotopic (exact) mass is 442 g/mol. The molecule has 0 radical (unpaired) electrons. The number of carbonyl (C=O) groups excluding carboxylic acids is 1. The lowest BCUT2D eigenvalue weighted by atomic mass is 9.93. The number of imidazole rings is 1. The maximum Gasteiger partial charge on any atom is 0.316 e. The van der Waals surface area contributed by atoms with E-state index in [2.05, 4.69) is 21.7 Å². The highest BCUT2D eigenvalue weighted by Crippen LogP contribution is 2.23. The number of ether oxygens (including phenoxy) is 1. The Labute approximate surface area is 194 Å². The van der Waals surface area contributed by atoms with Crippen molar-refractivity contribution in [1.82, 2.24) is 20.6 Å². The molecule has 1 atom stereocenters. The number of nitrogens with zero attached hydrogens (tertiary/aromatic N) is 1. The van der Waals surface area contributed by atoms with Crippen LogP contribution in [-0.4, -0.2) is 23.1 Å². The average molecular weight is 443 g/mol. The number of H-pyrrole nitrogens is 1. The van der Waals surface area contributed by atoms with Crippen molar-refractivity contribution < 1.29 is 9.53 Å². The molecular formula is C27H30N4O2. The number of fused-ring (bicyclic) bond motifs is 1. The summed E-state index contributed by atoms with van der Waals surface area (Å²) in [7, 11) is 1.65. The Morgan fingerprint density at radius 1 is 1.06 bits per heavy atom. The molecule has 0 unspecified atom stereocenters. The lowest BCUT2D eigenvalue weighted by Gasteiger charge is -2.28. The second-order valence-corrected chi connectivity index (χ2v) is 8.84. The summed E-state index contributed by atoms with van der Waals surface area (Å²) in [5.74, 6) is 1.51. The fourth-order valence-corrected chi connectivity index (χ4v) is 3.94. The van der Waals surface area contributed by atoms with Crippen molar-refractivity contribution in [1.29, 1.82) is 0 Å². The smallest absolute Gasteiger partial charge is 0.316 e. The molecule has 2 amide bonds. The molecule has 6 nitrogen and oxygen atoms in total. The van der Waals surface area contributed by atoms with Gasteiger partial charge in [-0.05, 0) is 62.6 Å². The van der Waals surface area contributed by atoms with Gasteiger partial charge in [0.2, 0.25) is 0 Å². The zero-order valence-corrected chi connectivity index (χ0v) is 19.5. The number of rotatable bonds is 7. The van der Waals surface area contributed by atoms with E-state index in [1.54, 1.807) is 7.11 Å². The predicted molar refractivity (Wildman–Crippen MR) is 131 cm³/mol. The average Bonchev–Trinajstić information content (AvgIpc) is 3.23. The number of hydrogen-bond acceptors (Lipinski definition) is 3. The molecule has 4 aromatic rings. The molecule has 33 heavy (non-hydrogen) atoms. The molecule has 0 fully saturated rings. The number of benzene rings is 3. The molecule has 170 valence electrons. The normalized spacial score (nSPS) is 12.4. The summed E-state index contributed by atoms with van der Waals surface area (Å²) in [6.07, 6.45) is 0.585. The summed E-state index contributed by atoms with van der Waals surface area (Å²) < 4.78 is 5.27. The van der Waals surface area contributed by atoms with Crippen LogP contribution < -0.4 is 15.4 Å². The van der Waals surface area contributed by atoms with Gasteiger partial charge in [-0.15, -0.1) is 0 Å². The fraction of sp³-hybridized carbons (Fsp3) is 0.259. The van der Waals surface area contributed by atoms with Gasteiger partial charge in [-0.25, -0.2) is 9.78 Å². The molecule has 0 spiro atoms. The molecule has 1 heterocycles. The molecule has 0 aliphatic carbocycles. The Kier molecular flexibility index (Phi) is 6.36. The van der Waals surface area contributed by atoms with E-state index in [0.29, 0.717) is 6.42 Å². The summed E-state index contributed by atoms with van der Waals surface area (Å²) in [6.45, 7) is 6.05. The van der Waals surface area contributed by atoms with Gasteiger partial charge in [-0.3, -0.25) is 0 Å². The predicted octanol–water partition coefficient (Wildman–Crippen LogP) is 5.40. The minimum absolute atomic E-state index is 0.250. The first-order valence-electron chi connectivity index (χ1n) is 11.1. The number of hydrogen-bond donors (Lipinski definition) is 3. The number of amides is 2. The van der Waals surface area contributed by atoms with E-state index < -0.39 is 5.54 Å². The van der Waals surface area contributed by atoms with Crippen LogP contribution >= 0.6 is 0 Å². The Hall–Kier alpha value is -3.80. The topological polar surface area (TPSA) is 79.0 Å². The molecule has 3 N–H and O–H groups in total. The van der Waals surface area contributed by atoms with Gasteiger partial charge in [0.05, 0.1) is 29.7 Å². The molecule has 1 aromatic heterocycles. The molecule has 0 aliphatic heterocycles. The van der Waals surface area contributed by atoms with Gasteiger partial charge >= 0.3 is 6.03 Å². The number of para-hydroxylation sites is 2. The van der Waals surface area contributed by atoms with Crippen molar-refractivity contribution in [2.75, 3.05) is 7.11 Å². The van der Waals surface area contributed by atoms with Crippen LogP contribution in [0.3, 0.4) is 0 Å². The summed E-state index contributed by atoms with van der Waals surface area (Å²) >= 11 is 0. The summed E-state index contributed by atoms with van der Waals surface area (Å²) in [6, 6.07) is 23.3.